The van der Waals surface area contributed by atoms with Crippen molar-refractivity contribution in [3.8, 4) is 0 Å². The van der Waals surface area contributed by atoms with Gasteiger partial charge < -0.3 is 10.0 Å². The number of carboxylic acids is 1. The third-order valence-electron chi connectivity index (χ3n) is 1.66. The quantitative estimate of drug-likeness (QED) is 0.721. The molecule has 90 valence electrons. The average molecular weight is 245 g/mol. The van der Waals surface area contributed by atoms with Crippen LogP contribution in [0.3, 0.4) is 0 Å². The summed E-state index contributed by atoms with van der Waals surface area (Å²) in [6.45, 7) is 0.634. The van der Waals surface area contributed by atoms with E-state index < -0.39 is 23.8 Å². The smallest absolute Gasteiger partial charge is 0.403 e. The summed E-state index contributed by atoms with van der Waals surface area (Å²) in [6.07, 6.45) is -4.66. The lowest BCUT2D eigenvalue weighted by Crippen LogP contribution is -2.32. The molecule has 0 heterocycles. The van der Waals surface area contributed by atoms with Crippen LogP contribution in [0.5, 0.6) is 0 Å². The van der Waals surface area contributed by atoms with Crippen molar-refractivity contribution in [2.45, 2.75) is 6.18 Å². The molecule has 0 bridgehead atoms. The highest BCUT2D eigenvalue weighted by molar-refractivity contribution is 7.99. The molecule has 0 aliphatic heterocycles. The number of hydrogen-bond acceptors (Lipinski definition) is 3. The second kappa shape index (κ2) is 6.22. The molecular formula is C8H14F3NO2S. The van der Waals surface area contributed by atoms with Crippen LogP contribution < -0.4 is 0 Å². The van der Waals surface area contributed by atoms with Gasteiger partial charge in [0.05, 0.1) is 0 Å². The molecule has 0 aliphatic carbocycles. The molecule has 1 N–H and O–H groups in total. The largest absolute Gasteiger partial charge is 0.481 e. The first-order valence-corrected chi connectivity index (χ1v) is 5.42. The molecule has 0 aliphatic rings. The summed E-state index contributed by atoms with van der Waals surface area (Å²) < 4.78 is 36.5. The molecular weight excluding hydrogens is 231 g/mol. The molecule has 1 atom stereocenters. The summed E-state index contributed by atoms with van der Waals surface area (Å²) in [6, 6.07) is 0. The van der Waals surface area contributed by atoms with E-state index in [1.807, 2.05) is 4.90 Å². The van der Waals surface area contributed by atoms with Crippen LogP contribution in [0.25, 0.3) is 0 Å². The molecule has 1 unspecified atom stereocenters. The minimum Gasteiger partial charge on any atom is -0.481 e. The van der Waals surface area contributed by atoms with Crippen molar-refractivity contribution >= 4 is 17.7 Å². The van der Waals surface area contributed by atoms with Crippen molar-refractivity contribution in [1.29, 1.82) is 0 Å². The normalized spacial score (nSPS) is 14.3. The van der Waals surface area contributed by atoms with Gasteiger partial charge in [-0.1, -0.05) is 0 Å². The van der Waals surface area contributed by atoms with Gasteiger partial charge in [0, 0.05) is 18.1 Å². The van der Waals surface area contributed by atoms with Gasteiger partial charge in [0.1, 0.15) is 0 Å². The molecule has 0 fully saturated rings. The van der Waals surface area contributed by atoms with Crippen LogP contribution in [0.1, 0.15) is 0 Å². The molecule has 0 aromatic carbocycles. The second-order valence-electron chi connectivity index (χ2n) is 3.31. The van der Waals surface area contributed by atoms with Crippen LogP contribution in [0.4, 0.5) is 13.2 Å². The number of alkyl halides is 3. The molecule has 0 spiro atoms. The van der Waals surface area contributed by atoms with E-state index in [1.165, 1.54) is 0 Å². The molecule has 3 nitrogen and oxygen atoms in total. The minimum absolute atomic E-state index is 0.424. The monoisotopic (exact) mass is 245 g/mol. The topological polar surface area (TPSA) is 40.5 Å². The number of carbonyl (C=O) groups is 1. The Kier molecular flexibility index (Phi) is 6.04. The first-order valence-electron chi connectivity index (χ1n) is 4.27. The fourth-order valence-corrected chi connectivity index (χ4v) is 1.98. The van der Waals surface area contributed by atoms with E-state index in [-0.39, 0.29) is 0 Å². The van der Waals surface area contributed by atoms with Gasteiger partial charge in [-0.25, -0.2) is 0 Å². The Bertz CT molecular complexity index is 209. The summed E-state index contributed by atoms with van der Waals surface area (Å²) in [4.78, 5) is 12.2. The third kappa shape index (κ3) is 6.62. The lowest BCUT2D eigenvalue weighted by Gasteiger charge is -2.16. The number of rotatable bonds is 6. The molecule has 0 radical (unpaired) electrons. The zero-order valence-electron chi connectivity index (χ0n) is 8.54. The van der Waals surface area contributed by atoms with E-state index in [4.69, 9.17) is 5.11 Å². The number of nitrogens with zero attached hydrogens (tertiary/aromatic N) is 1. The fourth-order valence-electron chi connectivity index (χ4n) is 0.754. The molecule has 7 heteroatoms. The standard InChI is InChI=1S/C8H14F3NO2S/c1-12(2)3-4-15-5-6(7(13)14)8(9,10)11/h6H,3-5H2,1-2H3,(H,13,14). The zero-order valence-corrected chi connectivity index (χ0v) is 9.36. The predicted octanol–water partition coefficient (Wildman–Crippen LogP) is 1.54. The average Bonchev–Trinajstić information content (AvgIpc) is 1.99. The van der Waals surface area contributed by atoms with E-state index >= 15 is 0 Å². The predicted molar refractivity (Wildman–Crippen MR) is 53.1 cm³/mol. The molecule has 15 heavy (non-hydrogen) atoms. The van der Waals surface area contributed by atoms with Crippen molar-refractivity contribution < 1.29 is 23.1 Å². The Balaban J connectivity index is 3.94. The first-order chi connectivity index (χ1) is 6.75. The number of thioether (sulfide) groups is 1. The van der Waals surface area contributed by atoms with Crippen molar-refractivity contribution in [2.24, 2.45) is 5.92 Å². The molecule has 0 amide bonds. The maximum Gasteiger partial charge on any atom is 0.403 e. The van der Waals surface area contributed by atoms with E-state index in [9.17, 15) is 18.0 Å². The van der Waals surface area contributed by atoms with Crippen LogP contribution in [-0.4, -0.2) is 54.3 Å². The lowest BCUT2D eigenvalue weighted by molar-refractivity contribution is -0.188. The first kappa shape index (κ1) is 14.6. The van der Waals surface area contributed by atoms with Crippen molar-refractivity contribution in [2.75, 3.05) is 32.1 Å². The molecule has 0 rings (SSSR count). The van der Waals surface area contributed by atoms with E-state index in [1.54, 1.807) is 14.1 Å². The highest BCUT2D eigenvalue weighted by Gasteiger charge is 2.44. The fraction of sp³-hybridized carbons (Fsp3) is 0.875. The highest BCUT2D eigenvalue weighted by Crippen LogP contribution is 2.29. The zero-order chi connectivity index (χ0) is 12.1. The number of halogens is 3. The second-order valence-corrected chi connectivity index (χ2v) is 4.46. The molecule has 0 aromatic heterocycles. The van der Waals surface area contributed by atoms with Crippen molar-refractivity contribution in [1.82, 2.24) is 4.90 Å². The van der Waals surface area contributed by atoms with Crippen LogP contribution in [0.2, 0.25) is 0 Å². The molecule has 0 saturated heterocycles. The highest BCUT2D eigenvalue weighted by atomic mass is 32.2. The van der Waals surface area contributed by atoms with Gasteiger partial charge in [-0.15, -0.1) is 0 Å². The lowest BCUT2D eigenvalue weighted by atomic mass is 10.2. The van der Waals surface area contributed by atoms with Gasteiger partial charge in [0.25, 0.3) is 0 Å². The van der Waals surface area contributed by atoms with Gasteiger partial charge in [0.15, 0.2) is 5.92 Å². The summed E-state index contributed by atoms with van der Waals surface area (Å²) >= 11 is 1.00. The van der Waals surface area contributed by atoms with Gasteiger partial charge in [-0.2, -0.15) is 24.9 Å². The Labute approximate surface area is 90.6 Å². The van der Waals surface area contributed by atoms with Crippen LogP contribution in [-0.2, 0) is 4.79 Å². The van der Waals surface area contributed by atoms with Gasteiger partial charge in [-0.05, 0) is 14.1 Å². The summed E-state index contributed by atoms with van der Waals surface area (Å²) in [7, 11) is 3.61. The van der Waals surface area contributed by atoms with E-state index in [2.05, 4.69) is 0 Å². The Morgan fingerprint density at radius 1 is 1.47 bits per heavy atom. The third-order valence-corrected chi connectivity index (χ3v) is 2.70. The van der Waals surface area contributed by atoms with Crippen LogP contribution >= 0.6 is 11.8 Å². The van der Waals surface area contributed by atoms with Crippen molar-refractivity contribution in [3.63, 3.8) is 0 Å². The van der Waals surface area contributed by atoms with Crippen molar-refractivity contribution in [3.05, 3.63) is 0 Å². The van der Waals surface area contributed by atoms with Gasteiger partial charge >= 0.3 is 12.1 Å². The SMILES string of the molecule is CN(C)CCSCC(C(=O)O)C(F)(F)F. The maximum absolute atomic E-state index is 12.2. The number of carboxylic acid groups (broad SMARTS) is 1. The van der Waals surface area contributed by atoms with E-state index in [0.717, 1.165) is 11.8 Å². The summed E-state index contributed by atoms with van der Waals surface area (Å²) in [5.41, 5.74) is 0. The summed E-state index contributed by atoms with van der Waals surface area (Å²) in [5, 5.41) is 8.37. The maximum atomic E-state index is 12.2. The van der Waals surface area contributed by atoms with Crippen LogP contribution in [0, 0.1) is 5.92 Å². The minimum atomic E-state index is -4.66. The van der Waals surface area contributed by atoms with Gasteiger partial charge in [0.2, 0.25) is 0 Å². The Morgan fingerprint density at radius 2 is 2.00 bits per heavy atom. The van der Waals surface area contributed by atoms with E-state index in [0.29, 0.717) is 12.3 Å². The molecule has 0 saturated carbocycles. The number of hydrogen-bond donors (Lipinski definition) is 1. The Hall–Kier alpha value is -0.430. The van der Waals surface area contributed by atoms with Crippen LogP contribution in [0.15, 0.2) is 0 Å². The Morgan fingerprint density at radius 3 is 2.33 bits per heavy atom. The molecule has 0 aromatic rings. The van der Waals surface area contributed by atoms with Gasteiger partial charge in [-0.3, -0.25) is 4.79 Å². The summed E-state index contributed by atoms with van der Waals surface area (Å²) in [5.74, 6) is -4.00. The number of aliphatic carboxylic acids is 1.